The summed E-state index contributed by atoms with van der Waals surface area (Å²) in [5.74, 6) is 0. The van der Waals surface area contributed by atoms with E-state index < -0.39 is 0 Å². The number of anilines is 2. The van der Waals surface area contributed by atoms with Crippen LogP contribution in [0.4, 0.5) is 11.4 Å². The molecular formula is C38H40IrN3O2. The van der Waals surface area contributed by atoms with Crippen molar-refractivity contribution in [3.05, 3.63) is 145 Å². The molecule has 1 aliphatic heterocycles. The molecule has 0 fully saturated rings. The zero-order valence-electron chi connectivity index (χ0n) is 25.9. The molecule has 6 heteroatoms. The van der Waals surface area contributed by atoms with Crippen molar-refractivity contribution < 1.29 is 30.3 Å². The molecule has 0 amide bonds. The predicted octanol–water partition coefficient (Wildman–Crippen LogP) is 8.17. The average Bonchev–Trinajstić information content (AvgIpc) is 3.47. The van der Waals surface area contributed by atoms with E-state index in [1.165, 1.54) is 33.2 Å². The number of aromatic nitrogens is 1. The first-order valence-electron chi connectivity index (χ1n) is 14.5. The number of pyridine rings is 1. The summed E-state index contributed by atoms with van der Waals surface area (Å²) in [6.45, 7) is 11.9. The molecular weight excluding hydrogens is 723 g/mol. The zero-order valence-corrected chi connectivity index (χ0v) is 28.3. The third-order valence-corrected chi connectivity index (χ3v) is 6.82. The van der Waals surface area contributed by atoms with Crippen molar-refractivity contribution in [1.82, 2.24) is 4.98 Å². The van der Waals surface area contributed by atoms with Crippen molar-refractivity contribution in [3.8, 4) is 11.3 Å². The van der Waals surface area contributed by atoms with Crippen LogP contribution in [0.2, 0.25) is 0 Å². The molecule has 0 bridgehead atoms. The minimum atomic E-state index is -0.375. The predicted molar refractivity (Wildman–Crippen MR) is 178 cm³/mol. The summed E-state index contributed by atoms with van der Waals surface area (Å²) in [7, 11) is 0. The number of para-hydroxylation sites is 1. The van der Waals surface area contributed by atoms with Gasteiger partial charge in [0.25, 0.3) is 0 Å². The van der Waals surface area contributed by atoms with Crippen molar-refractivity contribution in [1.29, 1.82) is 0 Å². The topological polar surface area (TPSA) is 59.8 Å². The van der Waals surface area contributed by atoms with Crippen molar-refractivity contribution in [3.63, 3.8) is 0 Å². The molecule has 0 saturated heterocycles. The van der Waals surface area contributed by atoms with E-state index in [0.717, 1.165) is 16.9 Å². The van der Waals surface area contributed by atoms with Crippen LogP contribution in [0.25, 0.3) is 22.0 Å². The van der Waals surface area contributed by atoms with Crippen LogP contribution in [0.5, 0.6) is 0 Å². The van der Waals surface area contributed by atoms with Crippen molar-refractivity contribution in [2.45, 2.75) is 53.2 Å². The Morgan fingerprint density at radius 2 is 1.39 bits per heavy atom. The number of nitrogens with zero attached hydrogens (tertiary/aromatic N) is 3. The van der Waals surface area contributed by atoms with Gasteiger partial charge < -0.3 is 25.0 Å². The van der Waals surface area contributed by atoms with Gasteiger partial charge >= 0.3 is 20.1 Å². The van der Waals surface area contributed by atoms with Crippen LogP contribution in [-0.2, 0) is 20.1 Å². The second kappa shape index (κ2) is 16.9. The van der Waals surface area contributed by atoms with Crippen LogP contribution >= 0.6 is 0 Å². The number of aliphatic hydroxyl groups excluding tert-OH is 2. The number of rotatable bonds is 5. The summed E-state index contributed by atoms with van der Waals surface area (Å²) in [5.41, 5.74) is 8.24. The fourth-order valence-electron chi connectivity index (χ4n) is 5.12. The van der Waals surface area contributed by atoms with E-state index >= 15 is 0 Å². The van der Waals surface area contributed by atoms with Crippen LogP contribution in [0.15, 0.2) is 110 Å². The van der Waals surface area contributed by atoms with Gasteiger partial charge in [-0.25, -0.2) is 0 Å². The fourth-order valence-corrected chi connectivity index (χ4v) is 5.12. The second-order valence-electron chi connectivity index (χ2n) is 10.8. The van der Waals surface area contributed by atoms with Gasteiger partial charge in [-0.15, -0.1) is 48.3 Å². The van der Waals surface area contributed by atoms with Gasteiger partial charge in [0.2, 0.25) is 0 Å². The van der Waals surface area contributed by atoms with Crippen LogP contribution in [0, 0.1) is 39.6 Å². The molecule has 2 N–H and O–H groups in total. The van der Waals surface area contributed by atoms with E-state index in [9.17, 15) is 0 Å². The Balaban J connectivity index is 0.000000198. The van der Waals surface area contributed by atoms with Crippen molar-refractivity contribution in [2.24, 2.45) is 0 Å². The standard InChI is InChI=1S/C18H18N2.C15H10N.C5H12O2.Ir/c1-14-11-15(2)18(16(3)12-14)20-10-9-19(13-20)17-7-5-4-6-8-17;1-2-7-13(8-3-1)15-14-9-5-4-6-12(14)10-11-16-15;1-4(6)3-5(2)7;/h4-7,9-13H,1-3H3;1-7,9-11H;4-7H,3H2,1-2H3;/q-2;-1;;+3. The molecule has 1 aromatic heterocycles. The Morgan fingerprint density at radius 3 is 1.98 bits per heavy atom. The first-order valence-corrected chi connectivity index (χ1v) is 14.5. The number of aryl methyl sites for hydroxylation is 3. The first-order chi connectivity index (χ1) is 20.7. The Hall–Kier alpha value is -3.80. The Labute approximate surface area is 275 Å². The molecule has 0 aliphatic carbocycles. The van der Waals surface area contributed by atoms with Gasteiger partial charge in [-0.2, -0.15) is 30.3 Å². The molecule has 44 heavy (non-hydrogen) atoms. The molecule has 0 saturated carbocycles. The second-order valence-corrected chi connectivity index (χ2v) is 10.8. The van der Waals surface area contributed by atoms with Crippen molar-refractivity contribution in [2.75, 3.05) is 9.80 Å². The van der Waals surface area contributed by atoms with Gasteiger partial charge in [-0.1, -0.05) is 42.0 Å². The first kappa shape index (κ1) is 34.7. The third kappa shape index (κ3) is 9.60. The van der Waals surface area contributed by atoms with Crippen LogP contribution in [-0.4, -0.2) is 27.4 Å². The van der Waals surface area contributed by atoms with E-state index in [2.05, 4.69) is 97.1 Å². The molecule has 0 spiro atoms. The maximum Gasteiger partial charge on any atom is 3.00 e. The van der Waals surface area contributed by atoms with E-state index in [-0.39, 0.29) is 32.3 Å². The Morgan fingerprint density at radius 1 is 0.773 bits per heavy atom. The Kier molecular flexibility index (Phi) is 13.3. The molecule has 2 heterocycles. The maximum absolute atomic E-state index is 8.56. The average molecular weight is 763 g/mol. The van der Waals surface area contributed by atoms with Crippen LogP contribution < -0.4 is 9.80 Å². The van der Waals surface area contributed by atoms with E-state index in [1.54, 1.807) is 13.8 Å². The molecule has 2 unspecified atom stereocenters. The number of benzene rings is 4. The van der Waals surface area contributed by atoms with Gasteiger partial charge in [0.1, 0.15) is 0 Å². The quantitative estimate of drug-likeness (QED) is 0.177. The molecule has 6 rings (SSSR count). The van der Waals surface area contributed by atoms with Gasteiger partial charge in [0.15, 0.2) is 0 Å². The minimum Gasteiger partial charge on any atom is -0.500 e. The van der Waals surface area contributed by atoms with Gasteiger partial charge in [0, 0.05) is 11.9 Å². The number of fused-ring (bicyclic) bond motifs is 1. The van der Waals surface area contributed by atoms with E-state index in [0.29, 0.717) is 6.42 Å². The molecule has 5 nitrogen and oxygen atoms in total. The molecule has 5 aromatic rings. The zero-order chi connectivity index (χ0) is 30.8. The SMILES string of the molecule is CC(O)CC(C)O.Cc1cc(C)c(N2C=CN(c3[c-]cccc3)[CH-]2)c(C)c1.[Ir+3].[c-]1ccccc1-c1nccc2ccccc12. The van der Waals surface area contributed by atoms with Crippen LogP contribution in [0.3, 0.4) is 0 Å². The summed E-state index contributed by atoms with van der Waals surface area (Å²) < 4.78 is 0. The van der Waals surface area contributed by atoms with Gasteiger partial charge in [-0.3, -0.25) is 0 Å². The summed E-state index contributed by atoms with van der Waals surface area (Å²) in [6.07, 6.45) is 5.72. The van der Waals surface area contributed by atoms with Crippen LogP contribution in [0.1, 0.15) is 37.0 Å². The third-order valence-electron chi connectivity index (χ3n) is 6.82. The van der Waals surface area contributed by atoms with Gasteiger partial charge in [0.05, 0.1) is 12.2 Å². The van der Waals surface area contributed by atoms with Gasteiger partial charge in [-0.05, 0) is 87.1 Å². The molecule has 228 valence electrons. The number of hydrogen-bond donors (Lipinski definition) is 2. The Bertz CT molecular complexity index is 1590. The smallest absolute Gasteiger partial charge is 0.500 e. The summed E-state index contributed by atoms with van der Waals surface area (Å²) in [5, 5.41) is 19.5. The molecule has 1 aliphatic rings. The summed E-state index contributed by atoms with van der Waals surface area (Å²) in [4.78, 5) is 8.70. The molecule has 0 radical (unpaired) electrons. The number of hydrogen-bond acceptors (Lipinski definition) is 5. The molecule has 2 atom stereocenters. The largest absolute Gasteiger partial charge is 3.00 e. The van der Waals surface area contributed by atoms with Crippen molar-refractivity contribution >= 4 is 22.1 Å². The minimum absolute atomic E-state index is 0. The normalized spacial score (nSPS) is 13.2. The number of aliphatic hydroxyl groups is 2. The monoisotopic (exact) mass is 763 g/mol. The summed E-state index contributed by atoms with van der Waals surface area (Å²) in [6, 6.07) is 37.1. The van der Waals surface area contributed by atoms with E-state index in [4.69, 9.17) is 10.2 Å². The fraction of sp³-hybridized carbons (Fsp3) is 0.211. The summed E-state index contributed by atoms with van der Waals surface area (Å²) >= 11 is 0. The van der Waals surface area contributed by atoms with E-state index in [1.807, 2.05) is 66.9 Å². The molecule has 4 aromatic carbocycles. The maximum atomic E-state index is 8.56.